The highest BCUT2D eigenvalue weighted by Gasteiger charge is 2.30. The first-order valence-electron chi connectivity index (χ1n) is 3.47. The van der Waals surface area contributed by atoms with Crippen molar-refractivity contribution >= 4 is 20.3 Å². The first kappa shape index (κ1) is 8.45. The highest BCUT2D eigenvalue weighted by atomic mass is 35.5. The maximum Gasteiger partial charge on any atom is 0.329 e. The Kier molecular flexibility index (Phi) is 3.09. The molecule has 10 heavy (non-hydrogen) atoms. The van der Waals surface area contributed by atoms with Gasteiger partial charge < -0.3 is 0 Å². The van der Waals surface area contributed by atoms with Crippen molar-refractivity contribution in [1.29, 1.82) is 0 Å². The molecular formula is C6H10ClO2P. The number of rotatable bonds is 2. The third kappa shape index (κ3) is 2.19. The number of hydrogen-bond acceptors (Lipinski definition) is 2. The molecule has 0 radical (unpaired) electrons. The van der Waals surface area contributed by atoms with E-state index in [1.807, 2.05) is 0 Å². The van der Waals surface area contributed by atoms with Gasteiger partial charge in [0.05, 0.1) is 0 Å². The molecule has 0 saturated heterocycles. The van der Waals surface area contributed by atoms with E-state index in [2.05, 4.69) is 0 Å². The summed E-state index contributed by atoms with van der Waals surface area (Å²) < 4.78 is 14.9. The summed E-state index contributed by atoms with van der Waals surface area (Å²) in [5.41, 5.74) is 0. The first-order chi connectivity index (χ1) is 4.77. The number of hydrogen-bond donors (Lipinski definition) is 0. The van der Waals surface area contributed by atoms with Crippen LogP contribution in [0.4, 0.5) is 0 Å². The minimum Gasteiger partial charge on any atom is -0.271 e. The molecule has 0 amide bonds. The Balaban J connectivity index is 2.39. The molecule has 0 N–H and O–H groups in total. The van der Waals surface area contributed by atoms with Crippen molar-refractivity contribution in [2.24, 2.45) is 0 Å². The molecule has 0 spiro atoms. The average Bonchev–Trinajstić information content (AvgIpc) is 1.89. The molecule has 2 nitrogen and oxygen atoms in total. The zero-order valence-electron chi connectivity index (χ0n) is 5.68. The van der Waals surface area contributed by atoms with E-state index in [9.17, 15) is 4.57 Å². The second-order valence-electron chi connectivity index (χ2n) is 2.61. The minimum atomic E-state index is -0.623. The Bertz CT molecular complexity index is 123. The van der Waals surface area contributed by atoms with Crippen LogP contribution in [0.2, 0.25) is 0 Å². The van der Waals surface area contributed by atoms with Crippen LogP contribution in [-0.2, 0) is 9.09 Å². The monoisotopic (exact) mass is 180 g/mol. The van der Waals surface area contributed by atoms with Gasteiger partial charge in [0, 0.05) is 0 Å². The molecule has 58 valence electrons. The SMILES string of the molecule is O=POC1(Cl)CCCCC1. The molecule has 1 rings (SSSR count). The average molecular weight is 181 g/mol. The lowest BCUT2D eigenvalue weighted by molar-refractivity contribution is 0.129. The smallest absolute Gasteiger partial charge is 0.271 e. The van der Waals surface area contributed by atoms with Crippen molar-refractivity contribution in [3.63, 3.8) is 0 Å². The zero-order chi connectivity index (χ0) is 7.45. The normalized spacial score (nSPS) is 24.9. The summed E-state index contributed by atoms with van der Waals surface area (Å²) in [5, 5.41) is -0.623. The van der Waals surface area contributed by atoms with Crippen molar-refractivity contribution < 1.29 is 9.09 Å². The van der Waals surface area contributed by atoms with Crippen molar-refractivity contribution in [1.82, 2.24) is 0 Å². The molecular weight excluding hydrogens is 170 g/mol. The first-order valence-corrected chi connectivity index (χ1v) is 4.57. The molecule has 0 atom stereocenters. The molecule has 0 aromatic rings. The van der Waals surface area contributed by atoms with Crippen LogP contribution in [-0.4, -0.2) is 5.06 Å². The van der Waals surface area contributed by atoms with Crippen LogP contribution in [0.3, 0.4) is 0 Å². The van der Waals surface area contributed by atoms with Crippen LogP contribution in [0.25, 0.3) is 0 Å². The third-order valence-electron chi connectivity index (χ3n) is 1.80. The van der Waals surface area contributed by atoms with Gasteiger partial charge in [-0.05, 0) is 25.7 Å². The summed E-state index contributed by atoms with van der Waals surface area (Å²) >= 11 is 5.95. The maximum atomic E-state index is 10.1. The van der Waals surface area contributed by atoms with E-state index in [4.69, 9.17) is 16.1 Å². The van der Waals surface area contributed by atoms with Crippen LogP contribution in [0.5, 0.6) is 0 Å². The van der Waals surface area contributed by atoms with Crippen LogP contribution in [0, 0.1) is 0 Å². The summed E-state index contributed by atoms with van der Waals surface area (Å²) in [5.74, 6) is 0. The van der Waals surface area contributed by atoms with E-state index in [-0.39, 0.29) is 8.69 Å². The summed E-state index contributed by atoms with van der Waals surface area (Å²) in [6, 6.07) is 0. The Morgan fingerprint density at radius 1 is 1.30 bits per heavy atom. The molecule has 1 aliphatic carbocycles. The molecule has 1 fully saturated rings. The molecule has 0 aromatic carbocycles. The van der Waals surface area contributed by atoms with E-state index in [1.54, 1.807) is 0 Å². The van der Waals surface area contributed by atoms with Crippen molar-refractivity contribution in [3.8, 4) is 0 Å². The maximum absolute atomic E-state index is 10.1. The Hall–Kier alpha value is 0.350. The molecule has 0 bridgehead atoms. The van der Waals surface area contributed by atoms with E-state index in [0.717, 1.165) is 25.7 Å². The lowest BCUT2D eigenvalue weighted by atomic mass is 9.97. The van der Waals surface area contributed by atoms with Crippen molar-refractivity contribution in [2.75, 3.05) is 0 Å². The quantitative estimate of drug-likeness (QED) is 0.482. The fourth-order valence-corrected chi connectivity index (χ4v) is 1.91. The van der Waals surface area contributed by atoms with Crippen LogP contribution < -0.4 is 0 Å². The fourth-order valence-electron chi connectivity index (χ4n) is 1.24. The molecule has 0 aromatic heterocycles. The molecule has 1 saturated carbocycles. The fraction of sp³-hybridized carbons (Fsp3) is 1.00. The van der Waals surface area contributed by atoms with Crippen LogP contribution in [0.15, 0.2) is 0 Å². The second kappa shape index (κ2) is 3.66. The Morgan fingerprint density at radius 2 is 1.90 bits per heavy atom. The summed E-state index contributed by atoms with van der Waals surface area (Å²) in [7, 11) is -0.299. The van der Waals surface area contributed by atoms with Gasteiger partial charge in [-0.15, -0.1) is 0 Å². The van der Waals surface area contributed by atoms with Gasteiger partial charge in [0.25, 0.3) is 0 Å². The van der Waals surface area contributed by atoms with Crippen LogP contribution in [0.1, 0.15) is 32.1 Å². The summed E-state index contributed by atoms with van der Waals surface area (Å²) in [6.07, 6.45) is 5.03. The zero-order valence-corrected chi connectivity index (χ0v) is 7.33. The van der Waals surface area contributed by atoms with Crippen molar-refractivity contribution in [3.05, 3.63) is 0 Å². The van der Waals surface area contributed by atoms with E-state index < -0.39 is 5.06 Å². The topological polar surface area (TPSA) is 26.3 Å². The van der Waals surface area contributed by atoms with Crippen molar-refractivity contribution in [2.45, 2.75) is 37.2 Å². The highest BCUT2D eigenvalue weighted by molar-refractivity contribution is 7.17. The summed E-state index contributed by atoms with van der Waals surface area (Å²) in [4.78, 5) is 0. The van der Waals surface area contributed by atoms with E-state index in [0.29, 0.717) is 0 Å². The molecule has 0 unspecified atom stereocenters. The third-order valence-corrected chi connectivity index (χ3v) is 2.79. The van der Waals surface area contributed by atoms with Gasteiger partial charge >= 0.3 is 8.69 Å². The predicted octanol–water partition coefficient (Wildman–Crippen LogP) is 3.11. The molecule has 0 heterocycles. The van der Waals surface area contributed by atoms with E-state index >= 15 is 0 Å². The standard InChI is InChI=1S/C6H10ClO2P/c7-6(9-10-8)4-2-1-3-5-6/h1-5H2. The minimum absolute atomic E-state index is 0.299. The van der Waals surface area contributed by atoms with Gasteiger partial charge in [0.15, 0.2) is 5.06 Å². The molecule has 1 aliphatic rings. The predicted molar refractivity (Wildman–Crippen MR) is 40.4 cm³/mol. The number of alkyl halides is 1. The van der Waals surface area contributed by atoms with Gasteiger partial charge in [-0.25, -0.2) is 4.57 Å². The van der Waals surface area contributed by atoms with Gasteiger partial charge in [-0.3, -0.25) is 4.52 Å². The summed E-state index contributed by atoms with van der Waals surface area (Å²) in [6.45, 7) is 0. The lowest BCUT2D eigenvalue weighted by Crippen LogP contribution is -2.24. The van der Waals surface area contributed by atoms with Gasteiger partial charge in [-0.1, -0.05) is 18.0 Å². The van der Waals surface area contributed by atoms with Gasteiger partial charge in [-0.2, -0.15) is 0 Å². The largest absolute Gasteiger partial charge is 0.329 e. The number of halogens is 1. The second-order valence-corrected chi connectivity index (χ2v) is 3.63. The highest BCUT2D eigenvalue weighted by Crippen LogP contribution is 2.37. The molecule has 0 aliphatic heterocycles. The van der Waals surface area contributed by atoms with Gasteiger partial charge in [0.1, 0.15) is 0 Å². The Morgan fingerprint density at radius 3 is 2.40 bits per heavy atom. The lowest BCUT2D eigenvalue weighted by Gasteiger charge is -2.27. The molecule has 4 heteroatoms. The van der Waals surface area contributed by atoms with E-state index in [1.165, 1.54) is 6.42 Å². The van der Waals surface area contributed by atoms with Gasteiger partial charge in [0.2, 0.25) is 0 Å². The Labute approximate surface area is 67.2 Å². The van der Waals surface area contributed by atoms with Crippen LogP contribution >= 0.6 is 20.3 Å².